The van der Waals surface area contributed by atoms with Gasteiger partial charge < -0.3 is 0 Å². The SMILES string of the molecule is CC1(C)c2cc(-c3cccc(-c4cccc5ccccc45)c3)ccc2-c2ccc(-c3ccc4ccccc4c3)cc21. The number of rotatable bonds is 3. The molecule has 0 heteroatoms. The minimum absolute atomic E-state index is 0.0826. The fraction of sp³-hybridized carbons (Fsp3) is 0.0732. The maximum absolute atomic E-state index is 2.42. The predicted molar refractivity (Wildman–Crippen MR) is 175 cm³/mol. The van der Waals surface area contributed by atoms with Crippen LogP contribution in [-0.2, 0) is 5.41 Å². The predicted octanol–water partition coefficient (Wildman–Crippen LogP) is 11.3. The molecule has 0 amide bonds. The Bertz CT molecular complexity index is 2120. The second-order valence-electron chi connectivity index (χ2n) is 11.8. The first-order chi connectivity index (χ1) is 20.1. The van der Waals surface area contributed by atoms with E-state index in [0.717, 1.165) is 0 Å². The van der Waals surface area contributed by atoms with Crippen LogP contribution in [0.5, 0.6) is 0 Å². The highest BCUT2D eigenvalue weighted by atomic mass is 14.4. The van der Waals surface area contributed by atoms with E-state index in [0.29, 0.717) is 0 Å². The highest BCUT2D eigenvalue weighted by molar-refractivity contribution is 5.97. The van der Waals surface area contributed by atoms with Gasteiger partial charge in [-0.2, -0.15) is 0 Å². The van der Waals surface area contributed by atoms with E-state index in [4.69, 9.17) is 0 Å². The Kier molecular flexibility index (Phi) is 5.27. The summed E-state index contributed by atoms with van der Waals surface area (Å²) in [5.74, 6) is 0. The van der Waals surface area contributed by atoms with E-state index >= 15 is 0 Å². The van der Waals surface area contributed by atoms with Crippen molar-refractivity contribution in [3.05, 3.63) is 157 Å². The molecule has 0 aromatic heterocycles. The first-order valence-electron chi connectivity index (χ1n) is 14.4. The summed E-state index contributed by atoms with van der Waals surface area (Å²) in [5, 5.41) is 5.13. The van der Waals surface area contributed by atoms with Gasteiger partial charge in [0.25, 0.3) is 0 Å². The van der Waals surface area contributed by atoms with E-state index in [2.05, 4.69) is 159 Å². The molecule has 0 N–H and O–H groups in total. The summed E-state index contributed by atoms with van der Waals surface area (Å²) in [4.78, 5) is 0. The summed E-state index contributed by atoms with van der Waals surface area (Å²) < 4.78 is 0. The quantitative estimate of drug-likeness (QED) is 0.216. The van der Waals surface area contributed by atoms with Crippen LogP contribution >= 0.6 is 0 Å². The van der Waals surface area contributed by atoms with Crippen LogP contribution in [0.25, 0.3) is 66.1 Å². The summed E-state index contributed by atoms with van der Waals surface area (Å²) in [7, 11) is 0. The molecule has 194 valence electrons. The lowest BCUT2D eigenvalue weighted by Crippen LogP contribution is -2.15. The average Bonchev–Trinajstić information content (AvgIpc) is 3.26. The number of fused-ring (bicyclic) bond motifs is 5. The van der Waals surface area contributed by atoms with E-state index in [9.17, 15) is 0 Å². The molecule has 0 atom stereocenters. The van der Waals surface area contributed by atoms with Crippen LogP contribution in [0, 0.1) is 0 Å². The molecular weight excluding hydrogens is 492 g/mol. The van der Waals surface area contributed by atoms with Gasteiger partial charge in [0.05, 0.1) is 0 Å². The number of benzene rings is 7. The van der Waals surface area contributed by atoms with Crippen molar-refractivity contribution in [2.75, 3.05) is 0 Å². The second kappa shape index (κ2) is 9.04. The summed E-state index contributed by atoms with van der Waals surface area (Å²) in [6, 6.07) is 53.7. The Labute approximate surface area is 241 Å². The standard InChI is InChI=1S/C41H30/c1-41(2)39-25-32(30-13-7-14-34(24-30)36-16-8-12-28-10-5-6-15-35(28)36)19-21-37(39)38-22-20-33(26-40(38)41)31-18-17-27-9-3-4-11-29(27)23-31/h3-26H,1-2H3. The zero-order chi connectivity index (χ0) is 27.6. The largest absolute Gasteiger partial charge is 0.0616 e. The minimum atomic E-state index is -0.0826. The number of hydrogen-bond acceptors (Lipinski definition) is 0. The Morgan fingerprint density at radius 2 is 0.878 bits per heavy atom. The highest BCUT2D eigenvalue weighted by Gasteiger charge is 2.35. The van der Waals surface area contributed by atoms with Gasteiger partial charge in [-0.05, 0) is 101 Å². The van der Waals surface area contributed by atoms with Crippen LogP contribution in [0.4, 0.5) is 0 Å². The summed E-state index contributed by atoms with van der Waals surface area (Å²) in [6.45, 7) is 4.75. The van der Waals surface area contributed by atoms with E-state index in [1.54, 1.807) is 0 Å². The molecule has 0 bridgehead atoms. The monoisotopic (exact) mass is 522 g/mol. The summed E-state index contributed by atoms with van der Waals surface area (Å²) >= 11 is 0. The smallest absolute Gasteiger partial charge is 0.0159 e. The Hall–Kier alpha value is -4.94. The van der Waals surface area contributed by atoms with Gasteiger partial charge in [-0.15, -0.1) is 0 Å². The third-order valence-electron chi connectivity index (χ3n) is 9.06. The Morgan fingerprint density at radius 1 is 0.341 bits per heavy atom. The van der Waals surface area contributed by atoms with Crippen LogP contribution in [0.3, 0.4) is 0 Å². The zero-order valence-corrected chi connectivity index (χ0v) is 23.4. The van der Waals surface area contributed by atoms with Gasteiger partial charge in [0.2, 0.25) is 0 Å². The molecule has 0 fully saturated rings. The van der Waals surface area contributed by atoms with E-state index in [1.807, 2.05) is 0 Å². The maximum Gasteiger partial charge on any atom is 0.0159 e. The first kappa shape index (κ1) is 23.9. The molecule has 0 aliphatic heterocycles. The molecule has 0 saturated heterocycles. The lowest BCUT2D eigenvalue weighted by molar-refractivity contribution is 0.661. The van der Waals surface area contributed by atoms with E-state index < -0.39 is 0 Å². The normalized spacial score (nSPS) is 13.3. The minimum Gasteiger partial charge on any atom is -0.0616 e. The second-order valence-corrected chi connectivity index (χ2v) is 11.8. The summed E-state index contributed by atoms with van der Waals surface area (Å²) in [5.41, 5.74) is 13.0. The van der Waals surface area contributed by atoms with Crippen LogP contribution in [0.1, 0.15) is 25.0 Å². The van der Waals surface area contributed by atoms with Gasteiger partial charge in [-0.3, -0.25) is 0 Å². The van der Waals surface area contributed by atoms with Crippen molar-refractivity contribution in [1.29, 1.82) is 0 Å². The van der Waals surface area contributed by atoms with Gasteiger partial charge in [0, 0.05) is 5.41 Å². The van der Waals surface area contributed by atoms with Crippen molar-refractivity contribution in [2.45, 2.75) is 19.3 Å². The highest BCUT2D eigenvalue weighted by Crippen LogP contribution is 2.50. The molecule has 7 aromatic carbocycles. The van der Waals surface area contributed by atoms with E-state index in [1.165, 1.54) is 77.2 Å². The Morgan fingerprint density at radius 3 is 1.63 bits per heavy atom. The van der Waals surface area contributed by atoms with Gasteiger partial charge in [-0.25, -0.2) is 0 Å². The number of hydrogen-bond donors (Lipinski definition) is 0. The van der Waals surface area contributed by atoms with Gasteiger partial charge >= 0.3 is 0 Å². The molecule has 8 rings (SSSR count). The molecular formula is C41H30. The molecule has 0 saturated carbocycles. The molecule has 1 aliphatic carbocycles. The lowest BCUT2D eigenvalue weighted by atomic mass is 9.80. The third-order valence-corrected chi connectivity index (χ3v) is 9.06. The van der Waals surface area contributed by atoms with Crippen molar-refractivity contribution >= 4 is 21.5 Å². The van der Waals surface area contributed by atoms with Crippen molar-refractivity contribution in [1.82, 2.24) is 0 Å². The van der Waals surface area contributed by atoms with Crippen LogP contribution in [-0.4, -0.2) is 0 Å². The molecule has 0 spiro atoms. The average molecular weight is 523 g/mol. The van der Waals surface area contributed by atoms with E-state index in [-0.39, 0.29) is 5.41 Å². The Balaban J connectivity index is 1.19. The molecule has 0 unspecified atom stereocenters. The fourth-order valence-corrected chi connectivity index (χ4v) is 6.81. The zero-order valence-electron chi connectivity index (χ0n) is 23.4. The fourth-order valence-electron chi connectivity index (χ4n) is 6.81. The van der Waals surface area contributed by atoms with Crippen LogP contribution < -0.4 is 0 Å². The van der Waals surface area contributed by atoms with Crippen molar-refractivity contribution < 1.29 is 0 Å². The molecule has 1 aliphatic rings. The van der Waals surface area contributed by atoms with Crippen LogP contribution in [0.15, 0.2) is 146 Å². The van der Waals surface area contributed by atoms with Crippen molar-refractivity contribution in [2.24, 2.45) is 0 Å². The van der Waals surface area contributed by atoms with Crippen molar-refractivity contribution in [3.63, 3.8) is 0 Å². The topological polar surface area (TPSA) is 0 Å². The summed E-state index contributed by atoms with van der Waals surface area (Å²) in [6.07, 6.45) is 0. The molecule has 0 nitrogen and oxygen atoms in total. The van der Waals surface area contributed by atoms with Crippen molar-refractivity contribution in [3.8, 4) is 44.5 Å². The lowest BCUT2D eigenvalue weighted by Gasteiger charge is -2.23. The first-order valence-corrected chi connectivity index (χ1v) is 14.4. The van der Waals surface area contributed by atoms with Gasteiger partial charge in [0.1, 0.15) is 0 Å². The van der Waals surface area contributed by atoms with Gasteiger partial charge in [0.15, 0.2) is 0 Å². The van der Waals surface area contributed by atoms with Crippen LogP contribution in [0.2, 0.25) is 0 Å². The molecule has 0 radical (unpaired) electrons. The van der Waals surface area contributed by atoms with Gasteiger partial charge in [-0.1, -0.05) is 135 Å². The molecule has 7 aromatic rings. The maximum atomic E-state index is 2.42. The molecule has 41 heavy (non-hydrogen) atoms. The third kappa shape index (κ3) is 3.83. The molecule has 0 heterocycles.